The molecular formula is C24H29F3N4O3. The molecule has 1 saturated heterocycles. The number of halogens is 3. The van der Waals surface area contributed by atoms with Crippen molar-refractivity contribution >= 4 is 18.4 Å². The lowest BCUT2D eigenvalue weighted by molar-refractivity contribution is -0.142. The van der Waals surface area contributed by atoms with Gasteiger partial charge >= 0.3 is 6.18 Å². The molecule has 0 aliphatic carbocycles. The number of carbonyl (C=O) groups is 2. The number of hydrogen-bond acceptors (Lipinski definition) is 6. The van der Waals surface area contributed by atoms with Gasteiger partial charge in [0.15, 0.2) is 17.6 Å². The molecule has 184 valence electrons. The highest BCUT2D eigenvalue weighted by atomic mass is 19.4. The third-order valence-electron chi connectivity index (χ3n) is 5.30. The monoisotopic (exact) mass is 478 g/mol. The highest BCUT2D eigenvalue weighted by Gasteiger charge is 2.35. The minimum Gasteiger partial charge on any atom is -0.468 e. The quantitative estimate of drug-likeness (QED) is 0.497. The van der Waals surface area contributed by atoms with E-state index in [2.05, 4.69) is 33.7 Å². The molecule has 1 atom stereocenters. The Morgan fingerprint density at radius 3 is 2.32 bits per heavy atom. The summed E-state index contributed by atoms with van der Waals surface area (Å²) in [6.45, 7) is 6.28. The van der Waals surface area contributed by atoms with Crippen LogP contribution in [-0.4, -0.2) is 58.5 Å². The molecule has 0 saturated carbocycles. The predicted octanol–water partition coefficient (Wildman–Crippen LogP) is 4.90. The van der Waals surface area contributed by atoms with Crippen molar-refractivity contribution in [3.8, 4) is 11.3 Å². The molecule has 3 aromatic rings. The van der Waals surface area contributed by atoms with E-state index < -0.39 is 11.9 Å². The molecule has 7 nitrogen and oxygen atoms in total. The van der Waals surface area contributed by atoms with Crippen molar-refractivity contribution in [3.63, 3.8) is 0 Å². The number of fused-ring (bicyclic) bond motifs is 1. The van der Waals surface area contributed by atoms with E-state index in [1.807, 2.05) is 0 Å². The van der Waals surface area contributed by atoms with Gasteiger partial charge in [-0.25, -0.2) is 9.50 Å². The van der Waals surface area contributed by atoms with Crippen LogP contribution in [0.1, 0.15) is 49.3 Å². The van der Waals surface area contributed by atoms with Gasteiger partial charge < -0.3 is 9.64 Å². The van der Waals surface area contributed by atoms with Crippen LogP contribution in [0.4, 0.5) is 13.2 Å². The fraction of sp³-hybridized carbons (Fsp3) is 0.417. The maximum absolute atomic E-state index is 13.1. The predicted molar refractivity (Wildman–Crippen MR) is 122 cm³/mol. The molecule has 4 rings (SSSR count). The Morgan fingerprint density at radius 1 is 1.15 bits per heavy atom. The average molecular weight is 479 g/mol. The van der Waals surface area contributed by atoms with E-state index in [-0.39, 0.29) is 17.0 Å². The van der Waals surface area contributed by atoms with E-state index in [0.717, 1.165) is 12.1 Å². The van der Waals surface area contributed by atoms with Crippen molar-refractivity contribution in [1.82, 2.24) is 19.5 Å². The summed E-state index contributed by atoms with van der Waals surface area (Å²) in [5, 5.41) is 3.60. The lowest BCUT2D eigenvalue weighted by atomic mass is 10.1. The Labute approximate surface area is 196 Å². The molecule has 1 unspecified atom stereocenters. The molecule has 1 aliphatic rings. The Morgan fingerprint density at radius 2 is 1.85 bits per heavy atom. The van der Waals surface area contributed by atoms with Gasteiger partial charge in [0, 0.05) is 17.7 Å². The van der Waals surface area contributed by atoms with Crippen LogP contribution in [0.5, 0.6) is 0 Å². The van der Waals surface area contributed by atoms with E-state index in [0.29, 0.717) is 29.4 Å². The number of piperidine rings is 1. The van der Waals surface area contributed by atoms with E-state index in [1.54, 1.807) is 37.3 Å². The minimum atomic E-state index is -4.60. The fourth-order valence-electron chi connectivity index (χ4n) is 3.32. The normalized spacial score (nSPS) is 16.0. The smallest absolute Gasteiger partial charge is 0.433 e. The highest BCUT2D eigenvalue weighted by molar-refractivity contribution is 5.75. The second kappa shape index (κ2) is 12.8. The zero-order chi connectivity index (χ0) is 25.1. The van der Waals surface area contributed by atoms with Crippen LogP contribution in [0.25, 0.3) is 16.9 Å². The number of alkyl halides is 3. The molecule has 0 N–H and O–H groups in total. The summed E-state index contributed by atoms with van der Waals surface area (Å²) in [5.41, 5.74) is -0.365. The molecule has 1 fully saturated rings. The third kappa shape index (κ3) is 7.65. The number of aldehydes is 1. The van der Waals surface area contributed by atoms with E-state index in [9.17, 15) is 22.8 Å². The summed E-state index contributed by atoms with van der Waals surface area (Å²) in [5.74, 6) is 0. The number of aromatic nitrogens is 3. The fourth-order valence-corrected chi connectivity index (χ4v) is 3.32. The molecule has 10 heteroatoms. The van der Waals surface area contributed by atoms with Crippen LogP contribution in [0.15, 0.2) is 42.5 Å². The highest BCUT2D eigenvalue weighted by Crippen LogP contribution is 2.32. The van der Waals surface area contributed by atoms with Gasteiger partial charge in [-0.15, -0.1) is 0 Å². The maximum Gasteiger partial charge on any atom is 0.433 e. The van der Waals surface area contributed by atoms with Crippen molar-refractivity contribution in [2.24, 2.45) is 0 Å². The Balaban J connectivity index is 0.000000258. The summed E-state index contributed by atoms with van der Waals surface area (Å²) in [7, 11) is 2.21. The van der Waals surface area contributed by atoms with Crippen LogP contribution in [0.3, 0.4) is 0 Å². The Bertz CT molecular complexity index is 1040. The number of carbonyl (C=O) groups excluding carboxylic acids is 2. The van der Waals surface area contributed by atoms with Gasteiger partial charge in [-0.2, -0.15) is 18.3 Å². The summed E-state index contributed by atoms with van der Waals surface area (Å²) < 4.78 is 44.2. The first-order valence-electron chi connectivity index (χ1n) is 10.9. The molecule has 0 spiro atoms. The van der Waals surface area contributed by atoms with E-state index in [1.165, 1.54) is 31.9 Å². The number of ether oxygens (including phenoxy) is 1. The second-order valence-electron chi connectivity index (χ2n) is 7.72. The summed E-state index contributed by atoms with van der Waals surface area (Å²) in [6, 6.07) is 11.5. The minimum absolute atomic E-state index is 0.0224. The van der Waals surface area contributed by atoms with Crippen molar-refractivity contribution in [3.05, 3.63) is 53.9 Å². The third-order valence-corrected chi connectivity index (χ3v) is 5.30. The molecule has 0 amide bonds. The largest absolute Gasteiger partial charge is 0.468 e. The molecule has 2 aromatic heterocycles. The van der Waals surface area contributed by atoms with Gasteiger partial charge in [-0.05, 0) is 46.3 Å². The van der Waals surface area contributed by atoms with Gasteiger partial charge in [-0.3, -0.25) is 9.59 Å². The summed E-state index contributed by atoms with van der Waals surface area (Å²) >= 11 is 0. The number of benzene rings is 1. The first kappa shape index (κ1) is 27.0. The lowest BCUT2D eigenvalue weighted by Gasteiger charge is -2.29. The first-order valence-corrected chi connectivity index (χ1v) is 10.9. The first-order chi connectivity index (χ1) is 16.2. The summed E-state index contributed by atoms with van der Waals surface area (Å²) in [4.78, 5) is 26.5. The average Bonchev–Trinajstić information content (AvgIpc) is 3.25. The second-order valence-corrected chi connectivity index (χ2v) is 7.72. The van der Waals surface area contributed by atoms with Gasteiger partial charge in [0.1, 0.15) is 5.69 Å². The van der Waals surface area contributed by atoms with Crippen molar-refractivity contribution in [1.29, 1.82) is 0 Å². The number of nitrogens with zero attached hydrogens (tertiary/aromatic N) is 4. The molecular weight excluding hydrogens is 449 g/mol. The molecule has 34 heavy (non-hydrogen) atoms. The van der Waals surface area contributed by atoms with Crippen molar-refractivity contribution in [2.75, 3.05) is 20.2 Å². The number of hydrogen-bond donors (Lipinski definition) is 0. The SMILES string of the molecule is CC1CCCCN1C.CCOC=O.O=Cc1cc2nc(-c3ccccc3)cc(C(F)(F)F)n2n1. The van der Waals surface area contributed by atoms with Crippen LogP contribution < -0.4 is 0 Å². The van der Waals surface area contributed by atoms with E-state index in [4.69, 9.17) is 0 Å². The molecule has 3 heterocycles. The van der Waals surface area contributed by atoms with Gasteiger partial charge in [-0.1, -0.05) is 36.8 Å². The Kier molecular flexibility index (Phi) is 10.2. The summed E-state index contributed by atoms with van der Waals surface area (Å²) in [6.07, 6.45) is 0.0246. The van der Waals surface area contributed by atoms with Crippen LogP contribution in [0, 0.1) is 0 Å². The van der Waals surface area contributed by atoms with Crippen molar-refractivity contribution in [2.45, 2.75) is 45.3 Å². The zero-order valence-corrected chi connectivity index (χ0v) is 19.5. The van der Waals surface area contributed by atoms with Crippen LogP contribution >= 0.6 is 0 Å². The number of rotatable bonds is 4. The molecule has 1 aromatic carbocycles. The zero-order valence-electron chi connectivity index (χ0n) is 19.5. The van der Waals surface area contributed by atoms with Crippen LogP contribution in [0.2, 0.25) is 0 Å². The maximum atomic E-state index is 13.1. The van der Waals surface area contributed by atoms with Crippen LogP contribution in [-0.2, 0) is 15.7 Å². The molecule has 1 aliphatic heterocycles. The lowest BCUT2D eigenvalue weighted by Crippen LogP contribution is -2.33. The molecule has 0 radical (unpaired) electrons. The van der Waals surface area contributed by atoms with E-state index >= 15 is 0 Å². The van der Waals surface area contributed by atoms with Crippen molar-refractivity contribution < 1.29 is 27.5 Å². The Hall–Kier alpha value is -3.27. The topological polar surface area (TPSA) is 76.8 Å². The van der Waals surface area contributed by atoms with Gasteiger partial charge in [0.25, 0.3) is 6.47 Å². The van der Waals surface area contributed by atoms with Gasteiger partial charge in [0.2, 0.25) is 0 Å². The standard InChI is InChI=1S/C14H8F3N3O.C7H15N.C3H6O2/c15-14(16,17)12-7-11(9-4-2-1-3-5-9)18-13-6-10(8-21)19-20(12)13;1-7-5-3-4-6-8(7)2;1-2-5-3-4/h1-8H;7H,3-6H2,1-2H3;3H,2H2,1H3. The number of likely N-dealkylation sites (tertiary alicyclic amines) is 1. The van der Waals surface area contributed by atoms with Gasteiger partial charge in [0.05, 0.1) is 12.3 Å². The molecule has 0 bridgehead atoms.